The molecule has 0 N–H and O–H groups in total. The lowest BCUT2D eigenvalue weighted by molar-refractivity contribution is 0.0694. The maximum atomic E-state index is 12.5. The van der Waals surface area contributed by atoms with Gasteiger partial charge in [0.25, 0.3) is 0 Å². The third-order valence-corrected chi connectivity index (χ3v) is 3.41. The fourth-order valence-corrected chi connectivity index (χ4v) is 2.25. The molecule has 0 spiro atoms. The van der Waals surface area contributed by atoms with Gasteiger partial charge in [-0.15, -0.1) is 0 Å². The van der Waals surface area contributed by atoms with Crippen molar-refractivity contribution < 1.29 is 14.3 Å². The summed E-state index contributed by atoms with van der Waals surface area (Å²) in [6.45, 7) is 7.19. The molecule has 1 aliphatic heterocycles. The molecule has 0 aliphatic carbocycles. The van der Waals surface area contributed by atoms with E-state index in [4.69, 9.17) is 9.47 Å². The number of para-hydroxylation sites is 1. The Morgan fingerprint density at radius 3 is 2.82 bits per heavy atom. The summed E-state index contributed by atoms with van der Waals surface area (Å²) in [4.78, 5) is 14.1. The van der Waals surface area contributed by atoms with Gasteiger partial charge in [0.2, 0.25) is 0 Å². The Kier molecular flexibility index (Phi) is 6.01. The van der Waals surface area contributed by atoms with E-state index < -0.39 is 6.23 Å². The number of amides is 1. The first-order valence-electron chi connectivity index (χ1n) is 7.98. The smallest absolute Gasteiger partial charge is 0.416 e. The van der Waals surface area contributed by atoms with E-state index in [0.29, 0.717) is 19.1 Å². The van der Waals surface area contributed by atoms with Gasteiger partial charge in [0.05, 0.1) is 12.3 Å². The normalized spacial score (nSPS) is 16.7. The molecule has 4 nitrogen and oxygen atoms in total. The summed E-state index contributed by atoms with van der Waals surface area (Å²) in [6, 6.07) is 7.78. The molecule has 2 rings (SSSR count). The highest BCUT2D eigenvalue weighted by atomic mass is 16.6. The van der Waals surface area contributed by atoms with Crippen molar-refractivity contribution in [2.24, 2.45) is 5.92 Å². The van der Waals surface area contributed by atoms with Crippen LogP contribution in [0, 0.1) is 5.92 Å². The van der Waals surface area contributed by atoms with Crippen molar-refractivity contribution in [3.8, 4) is 0 Å². The van der Waals surface area contributed by atoms with Gasteiger partial charge in [-0.3, -0.25) is 0 Å². The molecule has 1 unspecified atom stereocenters. The zero-order chi connectivity index (χ0) is 15.9. The number of fused-ring (bicyclic) bond motifs is 1. The number of nitrogens with zero attached hydrogens (tertiary/aromatic N) is 1. The van der Waals surface area contributed by atoms with Crippen molar-refractivity contribution in [2.75, 3.05) is 18.1 Å². The SMILES string of the molecule is CCCCOC1C=Cc2ccccc2N1C(=O)OCC(C)C. The molecular weight excluding hydrogens is 278 g/mol. The molecule has 22 heavy (non-hydrogen) atoms. The van der Waals surface area contributed by atoms with E-state index in [2.05, 4.69) is 6.92 Å². The second-order valence-electron chi connectivity index (χ2n) is 5.87. The maximum Gasteiger partial charge on any atom is 0.416 e. The van der Waals surface area contributed by atoms with Crippen molar-refractivity contribution in [3.63, 3.8) is 0 Å². The second-order valence-corrected chi connectivity index (χ2v) is 5.87. The molecule has 0 aromatic heterocycles. The van der Waals surface area contributed by atoms with E-state index in [1.807, 2.05) is 50.3 Å². The molecule has 1 aromatic rings. The van der Waals surface area contributed by atoms with E-state index in [1.165, 1.54) is 0 Å². The van der Waals surface area contributed by atoms with E-state index in [1.54, 1.807) is 4.90 Å². The predicted octanol–water partition coefficient (Wildman–Crippen LogP) is 4.46. The number of hydrogen-bond donors (Lipinski definition) is 0. The Balaban J connectivity index is 2.17. The summed E-state index contributed by atoms with van der Waals surface area (Å²) >= 11 is 0. The summed E-state index contributed by atoms with van der Waals surface area (Å²) in [5.41, 5.74) is 1.83. The fraction of sp³-hybridized carbons (Fsp3) is 0.500. The predicted molar refractivity (Wildman–Crippen MR) is 88.8 cm³/mol. The Morgan fingerprint density at radius 1 is 1.32 bits per heavy atom. The number of unbranched alkanes of at least 4 members (excludes halogenated alkanes) is 1. The van der Waals surface area contributed by atoms with Gasteiger partial charge in [0.1, 0.15) is 0 Å². The lowest BCUT2D eigenvalue weighted by Gasteiger charge is -2.33. The minimum absolute atomic E-state index is 0.305. The highest BCUT2D eigenvalue weighted by Crippen LogP contribution is 2.30. The van der Waals surface area contributed by atoms with Crippen LogP contribution in [0.2, 0.25) is 0 Å². The van der Waals surface area contributed by atoms with Gasteiger partial charge >= 0.3 is 6.09 Å². The molecule has 0 radical (unpaired) electrons. The van der Waals surface area contributed by atoms with Gasteiger partial charge in [-0.05, 0) is 30.0 Å². The summed E-state index contributed by atoms with van der Waals surface area (Å²) < 4.78 is 11.3. The summed E-state index contributed by atoms with van der Waals surface area (Å²) in [7, 11) is 0. The van der Waals surface area contributed by atoms with Gasteiger partial charge in [0.15, 0.2) is 6.23 Å². The molecule has 1 aliphatic rings. The van der Waals surface area contributed by atoms with Gasteiger partial charge < -0.3 is 9.47 Å². The molecule has 0 bridgehead atoms. The Labute approximate surface area is 132 Å². The fourth-order valence-electron chi connectivity index (χ4n) is 2.25. The quantitative estimate of drug-likeness (QED) is 0.728. The summed E-state index contributed by atoms with van der Waals surface area (Å²) in [6.07, 6.45) is 5.19. The number of ether oxygens (including phenoxy) is 2. The van der Waals surface area contributed by atoms with Crippen molar-refractivity contribution in [1.82, 2.24) is 0 Å². The van der Waals surface area contributed by atoms with Crippen molar-refractivity contribution in [1.29, 1.82) is 0 Å². The number of rotatable bonds is 6. The van der Waals surface area contributed by atoms with E-state index in [0.717, 1.165) is 24.1 Å². The first-order valence-corrected chi connectivity index (χ1v) is 7.98. The first kappa shape index (κ1) is 16.6. The van der Waals surface area contributed by atoms with E-state index >= 15 is 0 Å². The number of benzene rings is 1. The van der Waals surface area contributed by atoms with Gasteiger partial charge in [-0.25, -0.2) is 9.69 Å². The highest BCUT2D eigenvalue weighted by molar-refractivity contribution is 5.93. The molecule has 0 saturated heterocycles. The topological polar surface area (TPSA) is 38.8 Å². The minimum Gasteiger partial charge on any atom is -0.449 e. The van der Waals surface area contributed by atoms with Gasteiger partial charge in [0, 0.05) is 6.61 Å². The molecule has 1 aromatic carbocycles. The number of carbonyl (C=O) groups excluding carboxylic acids is 1. The van der Waals surface area contributed by atoms with E-state index in [9.17, 15) is 4.79 Å². The standard InChI is InChI=1S/C18H25NO3/c1-4-5-12-21-17-11-10-15-8-6-7-9-16(15)19(17)18(20)22-13-14(2)3/h6-11,14,17H,4-5,12-13H2,1-3H3. The lowest BCUT2D eigenvalue weighted by atomic mass is 10.1. The van der Waals surface area contributed by atoms with Crippen LogP contribution in [0.3, 0.4) is 0 Å². The van der Waals surface area contributed by atoms with Crippen LogP contribution in [0.15, 0.2) is 30.3 Å². The second kappa shape index (κ2) is 7.99. The van der Waals surface area contributed by atoms with Crippen molar-refractivity contribution >= 4 is 17.9 Å². The van der Waals surface area contributed by atoms with Crippen molar-refractivity contribution in [3.05, 3.63) is 35.9 Å². The molecular formula is C18H25NO3. The molecule has 0 saturated carbocycles. The third-order valence-electron chi connectivity index (χ3n) is 3.41. The van der Waals surface area contributed by atoms with Crippen LogP contribution in [-0.2, 0) is 9.47 Å². The molecule has 0 fully saturated rings. The van der Waals surface area contributed by atoms with Crippen LogP contribution in [0.4, 0.5) is 10.5 Å². The van der Waals surface area contributed by atoms with Crippen LogP contribution in [0.25, 0.3) is 6.08 Å². The molecule has 1 amide bonds. The maximum absolute atomic E-state index is 12.5. The molecule has 4 heteroatoms. The van der Waals surface area contributed by atoms with Gasteiger partial charge in [-0.2, -0.15) is 0 Å². The van der Waals surface area contributed by atoms with Gasteiger partial charge in [-0.1, -0.05) is 51.5 Å². The zero-order valence-corrected chi connectivity index (χ0v) is 13.6. The van der Waals surface area contributed by atoms with Crippen LogP contribution >= 0.6 is 0 Å². The molecule has 1 atom stereocenters. The largest absolute Gasteiger partial charge is 0.449 e. The van der Waals surface area contributed by atoms with Crippen LogP contribution in [0.5, 0.6) is 0 Å². The third kappa shape index (κ3) is 4.10. The van der Waals surface area contributed by atoms with E-state index in [-0.39, 0.29) is 6.09 Å². The molecule has 1 heterocycles. The number of anilines is 1. The highest BCUT2D eigenvalue weighted by Gasteiger charge is 2.29. The monoisotopic (exact) mass is 303 g/mol. The molecule has 120 valence electrons. The average molecular weight is 303 g/mol. The van der Waals surface area contributed by atoms with Crippen LogP contribution in [0.1, 0.15) is 39.2 Å². The number of carbonyl (C=O) groups is 1. The first-order chi connectivity index (χ1) is 10.6. The Bertz CT molecular complexity index is 525. The van der Waals surface area contributed by atoms with Crippen molar-refractivity contribution in [2.45, 2.75) is 39.8 Å². The Hall–Kier alpha value is -1.81. The van der Waals surface area contributed by atoms with Crippen LogP contribution < -0.4 is 4.90 Å². The summed E-state index contributed by atoms with van der Waals surface area (Å²) in [5.74, 6) is 0.305. The zero-order valence-electron chi connectivity index (χ0n) is 13.6. The lowest BCUT2D eigenvalue weighted by Crippen LogP contribution is -2.43. The Morgan fingerprint density at radius 2 is 2.09 bits per heavy atom. The summed E-state index contributed by atoms with van der Waals surface area (Å²) in [5, 5.41) is 0. The minimum atomic E-state index is -0.402. The average Bonchev–Trinajstić information content (AvgIpc) is 2.52. The number of hydrogen-bond acceptors (Lipinski definition) is 3. The van der Waals surface area contributed by atoms with Crippen LogP contribution in [-0.4, -0.2) is 25.5 Å².